The number of phenols is 2. The van der Waals surface area contributed by atoms with Crippen LogP contribution in [0.15, 0.2) is 4.42 Å². The molecule has 100 valence electrons. The third kappa shape index (κ3) is 1.96. The van der Waals surface area contributed by atoms with Crippen LogP contribution < -0.4 is 32.8 Å². The average molecular weight is 293 g/mol. The van der Waals surface area contributed by atoms with Gasteiger partial charge < -0.3 is 24.7 Å². The van der Waals surface area contributed by atoms with E-state index < -0.39 is 18.6 Å². The van der Waals surface area contributed by atoms with Gasteiger partial charge in [0, 0.05) is 5.39 Å². The molecule has 11 heteroatoms. The van der Waals surface area contributed by atoms with Crippen molar-refractivity contribution in [2.24, 2.45) is 0 Å². The second kappa shape index (κ2) is 5.08. The minimum Gasteiger partial charge on any atom is -0.505 e. The highest BCUT2D eigenvalue weighted by molar-refractivity contribution is 6.74. The number of aromatic hydroxyl groups is 2. The van der Waals surface area contributed by atoms with Gasteiger partial charge in [0.05, 0.1) is 5.39 Å². The maximum absolute atomic E-state index is 10.2. The monoisotopic (exact) mass is 294 g/mol. The summed E-state index contributed by atoms with van der Waals surface area (Å²) in [4.78, 5) is 0. The van der Waals surface area contributed by atoms with Crippen molar-refractivity contribution in [1.82, 2.24) is 0 Å². The van der Waals surface area contributed by atoms with Gasteiger partial charge >= 0.3 is 7.12 Å². The lowest BCUT2D eigenvalue weighted by Gasteiger charge is -2.14. The fourth-order valence-electron chi connectivity index (χ4n) is 2.60. The van der Waals surface area contributed by atoms with E-state index >= 15 is 0 Å². The first-order chi connectivity index (χ1) is 10.7. The molecular weight excluding hydrogens is 289 g/mol. The van der Waals surface area contributed by atoms with Crippen molar-refractivity contribution in [1.29, 1.82) is 0 Å². The minimum absolute atomic E-state index is 0.0290. The standard InChI is InChI=1S/C12H4B6O5/c13-3-4(14)8(18(21)22)1-2-9(19)10(20)5(15)7(17)12(2)23-11(1)6(3)16/h19-22H. The summed E-state index contributed by atoms with van der Waals surface area (Å²) < 4.78 is 5.50. The van der Waals surface area contributed by atoms with Crippen molar-refractivity contribution in [2.75, 3.05) is 0 Å². The maximum Gasteiger partial charge on any atom is 0.488 e. The lowest BCUT2D eigenvalue weighted by molar-refractivity contribution is 0.411. The fraction of sp³-hybridized carbons (Fsp3) is 0. The quantitative estimate of drug-likeness (QED) is 0.265. The zero-order valence-corrected chi connectivity index (χ0v) is 11.7. The van der Waals surface area contributed by atoms with Crippen molar-refractivity contribution >= 4 is 101 Å². The normalized spacial score (nSPS) is 11.4. The molecule has 0 saturated carbocycles. The van der Waals surface area contributed by atoms with E-state index in [1.54, 1.807) is 0 Å². The molecule has 1 heterocycles. The van der Waals surface area contributed by atoms with Crippen LogP contribution in [0.1, 0.15) is 0 Å². The Balaban J connectivity index is 2.74. The summed E-state index contributed by atoms with van der Waals surface area (Å²) in [5, 5.41) is 39.2. The molecule has 0 saturated heterocycles. The van der Waals surface area contributed by atoms with E-state index in [0.717, 1.165) is 0 Å². The van der Waals surface area contributed by atoms with Crippen LogP contribution in [-0.4, -0.2) is 66.6 Å². The third-order valence-electron chi connectivity index (χ3n) is 3.80. The molecule has 10 radical (unpaired) electrons. The summed E-state index contributed by atoms with van der Waals surface area (Å²) in [6, 6.07) is 0. The number of benzene rings is 2. The Kier molecular flexibility index (Phi) is 3.54. The first kappa shape index (κ1) is 16.0. The molecule has 23 heavy (non-hydrogen) atoms. The smallest absolute Gasteiger partial charge is 0.488 e. The molecule has 4 N–H and O–H groups in total. The van der Waals surface area contributed by atoms with Gasteiger partial charge in [-0.25, -0.2) is 0 Å². The Morgan fingerprint density at radius 3 is 1.74 bits per heavy atom. The van der Waals surface area contributed by atoms with Crippen molar-refractivity contribution in [3.8, 4) is 11.5 Å². The molecule has 0 aliphatic rings. The van der Waals surface area contributed by atoms with Crippen LogP contribution in [0.3, 0.4) is 0 Å². The SMILES string of the molecule is [B]c1c(O)c(O)c2c(oc3c([B])c([B])c([B])c(B(O)O)c32)c1[B]. The van der Waals surface area contributed by atoms with E-state index in [1.165, 1.54) is 0 Å². The average Bonchev–Trinajstić information content (AvgIpc) is 2.88. The fourth-order valence-corrected chi connectivity index (χ4v) is 2.60. The summed E-state index contributed by atoms with van der Waals surface area (Å²) in [5.74, 6) is -1.33. The van der Waals surface area contributed by atoms with Crippen molar-refractivity contribution in [2.45, 2.75) is 0 Å². The van der Waals surface area contributed by atoms with E-state index in [-0.39, 0.29) is 54.7 Å². The third-order valence-corrected chi connectivity index (χ3v) is 3.80. The number of rotatable bonds is 1. The molecular formula is C12H4B6O5. The summed E-state index contributed by atoms with van der Waals surface area (Å²) in [5.41, 5.74) is -1.22. The van der Waals surface area contributed by atoms with E-state index in [9.17, 15) is 20.3 Å². The molecule has 0 aliphatic carbocycles. The largest absolute Gasteiger partial charge is 0.505 e. The molecule has 0 fully saturated rings. The number of fused-ring (bicyclic) bond motifs is 3. The first-order valence-electron chi connectivity index (χ1n) is 6.35. The van der Waals surface area contributed by atoms with Crippen molar-refractivity contribution in [3.63, 3.8) is 0 Å². The topological polar surface area (TPSA) is 94.1 Å². The van der Waals surface area contributed by atoms with E-state index in [4.69, 9.17) is 43.6 Å². The lowest BCUT2D eigenvalue weighted by Crippen LogP contribution is -2.53. The van der Waals surface area contributed by atoms with Gasteiger partial charge in [0.15, 0.2) is 11.5 Å². The van der Waals surface area contributed by atoms with Gasteiger partial charge in [0.1, 0.15) is 50.4 Å². The van der Waals surface area contributed by atoms with Crippen LogP contribution in [0, 0.1) is 0 Å². The Hall–Kier alpha value is -1.85. The zero-order valence-electron chi connectivity index (χ0n) is 11.7. The molecule has 1 aromatic heterocycles. The van der Waals surface area contributed by atoms with Crippen LogP contribution >= 0.6 is 0 Å². The molecule has 5 nitrogen and oxygen atoms in total. The molecule has 0 spiro atoms. The van der Waals surface area contributed by atoms with Gasteiger partial charge in [-0.05, 0) is 5.46 Å². The van der Waals surface area contributed by atoms with Gasteiger partial charge in [-0.1, -0.05) is 16.4 Å². The van der Waals surface area contributed by atoms with Crippen molar-refractivity contribution in [3.05, 3.63) is 0 Å². The number of phenolic OH excluding ortho intramolecular Hbond substituents is 2. The molecule has 0 amide bonds. The predicted molar refractivity (Wildman–Crippen MR) is 93.8 cm³/mol. The van der Waals surface area contributed by atoms with Crippen LogP contribution in [0.4, 0.5) is 0 Å². The predicted octanol–water partition coefficient (Wildman–Crippen LogP) is -5.35. The van der Waals surface area contributed by atoms with Gasteiger partial charge in [-0.15, -0.1) is 10.9 Å². The van der Waals surface area contributed by atoms with Gasteiger partial charge in [0.25, 0.3) is 0 Å². The molecule has 3 rings (SSSR count). The second-order valence-corrected chi connectivity index (χ2v) is 5.06. The van der Waals surface area contributed by atoms with Crippen LogP contribution in [0.25, 0.3) is 21.9 Å². The molecule has 0 aliphatic heterocycles. The lowest BCUT2D eigenvalue weighted by atomic mass is 9.61. The van der Waals surface area contributed by atoms with Gasteiger partial charge in [-0.2, -0.15) is 0 Å². The van der Waals surface area contributed by atoms with E-state index in [0.29, 0.717) is 0 Å². The van der Waals surface area contributed by atoms with E-state index in [1.807, 2.05) is 0 Å². The van der Waals surface area contributed by atoms with Crippen LogP contribution in [-0.2, 0) is 0 Å². The molecule has 0 unspecified atom stereocenters. The minimum atomic E-state index is -2.04. The van der Waals surface area contributed by atoms with Gasteiger partial charge in [0.2, 0.25) is 0 Å². The Labute approximate surface area is 137 Å². The highest BCUT2D eigenvalue weighted by atomic mass is 16.4. The summed E-state index contributed by atoms with van der Waals surface area (Å²) in [6.45, 7) is 0. The summed E-state index contributed by atoms with van der Waals surface area (Å²) >= 11 is 0. The summed E-state index contributed by atoms with van der Waals surface area (Å²) in [7, 11) is 26.7. The number of hydrogen-bond acceptors (Lipinski definition) is 5. The van der Waals surface area contributed by atoms with Crippen LogP contribution in [0.5, 0.6) is 11.5 Å². The molecule has 2 aromatic carbocycles. The Morgan fingerprint density at radius 1 is 0.652 bits per heavy atom. The number of furan rings is 1. The highest BCUT2D eigenvalue weighted by Gasteiger charge is 2.27. The maximum atomic E-state index is 10.2. The summed E-state index contributed by atoms with van der Waals surface area (Å²) in [6.07, 6.45) is 0. The second-order valence-electron chi connectivity index (χ2n) is 5.06. The Bertz CT molecular complexity index is 980. The first-order valence-corrected chi connectivity index (χ1v) is 6.35. The molecule has 3 aromatic rings. The molecule has 0 atom stereocenters. The van der Waals surface area contributed by atoms with E-state index in [2.05, 4.69) is 0 Å². The zero-order chi connectivity index (χ0) is 17.2. The van der Waals surface area contributed by atoms with Crippen LogP contribution in [0.2, 0.25) is 0 Å². The number of hydrogen-bond donors (Lipinski definition) is 4. The van der Waals surface area contributed by atoms with Gasteiger partial charge in [-0.3, -0.25) is 0 Å². The highest BCUT2D eigenvalue weighted by Crippen LogP contribution is 2.36. The van der Waals surface area contributed by atoms with Crippen molar-refractivity contribution < 1.29 is 24.7 Å². The molecule has 0 bridgehead atoms. The Morgan fingerprint density at radius 2 is 1.17 bits per heavy atom.